The number of morpholine rings is 1. The molecular weight excluding hydrogens is 419 g/mol. The van der Waals surface area contributed by atoms with Crippen molar-refractivity contribution in [1.82, 2.24) is 15.2 Å². The highest BCUT2D eigenvalue weighted by Gasteiger charge is 2.24. The van der Waals surface area contributed by atoms with Gasteiger partial charge in [-0.05, 0) is 43.2 Å². The number of hydrogen-bond donors (Lipinski definition) is 1. The molecule has 32 heavy (non-hydrogen) atoms. The van der Waals surface area contributed by atoms with Crippen LogP contribution in [0.1, 0.15) is 19.4 Å². The van der Waals surface area contributed by atoms with Crippen LogP contribution in [0.2, 0.25) is 0 Å². The minimum atomic E-state index is -2.39. The number of nitrogens with one attached hydrogen (secondary N) is 1. The van der Waals surface area contributed by atoms with Gasteiger partial charge in [0.2, 0.25) is 6.43 Å². The van der Waals surface area contributed by atoms with Crippen LogP contribution in [0.4, 0.5) is 30.6 Å². The van der Waals surface area contributed by atoms with Gasteiger partial charge in [-0.3, -0.25) is 0 Å². The van der Waals surface area contributed by atoms with Crippen LogP contribution in [0, 0.1) is 5.82 Å². The smallest absolute Gasteiger partial charge is 0.242 e. The summed E-state index contributed by atoms with van der Waals surface area (Å²) in [5, 5.41) is 10.9. The van der Waals surface area contributed by atoms with Crippen molar-refractivity contribution in [2.45, 2.75) is 38.9 Å². The maximum Gasteiger partial charge on any atom is 0.242 e. The van der Waals surface area contributed by atoms with Crippen molar-refractivity contribution in [3.8, 4) is 11.1 Å². The summed E-state index contributed by atoms with van der Waals surface area (Å²) in [6.45, 7) is 5.32. The van der Waals surface area contributed by atoms with Gasteiger partial charge in [0.05, 0.1) is 18.4 Å². The third-order valence-electron chi connectivity index (χ3n) is 5.15. The zero-order valence-electron chi connectivity index (χ0n) is 17.8. The first kappa shape index (κ1) is 22.0. The summed E-state index contributed by atoms with van der Waals surface area (Å²) in [6, 6.07) is 11.5. The fourth-order valence-electron chi connectivity index (χ4n) is 3.78. The fourth-order valence-corrected chi connectivity index (χ4v) is 3.78. The van der Waals surface area contributed by atoms with Crippen molar-refractivity contribution in [3.63, 3.8) is 0 Å². The molecule has 1 fully saturated rings. The van der Waals surface area contributed by atoms with Crippen molar-refractivity contribution in [3.05, 3.63) is 60.0 Å². The lowest BCUT2D eigenvalue weighted by atomic mass is 10.0. The lowest BCUT2D eigenvalue weighted by Crippen LogP contribution is -2.45. The first-order valence-corrected chi connectivity index (χ1v) is 10.4. The van der Waals surface area contributed by atoms with Gasteiger partial charge in [-0.1, -0.05) is 24.3 Å². The molecule has 1 aromatic carbocycles. The van der Waals surface area contributed by atoms with Gasteiger partial charge in [0.15, 0.2) is 17.5 Å². The summed E-state index contributed by atoms with van der Waals surface area (Å²) in [5.74, 6) is 0.515. The summed E-state index contributed by atoms with van der Waals surface area (Å²) in [4.78, 5) is 6.51. The quantitative estimate of drug-likeness (QED) is 0.588. The van der Waals surface area contributed by atoms with E-state index >= 15 is 0 Å². The lowest BCUT2D eigenvalue weighted by Gasteiger charge is -2.36. The highest BCUT2D eigenvalue weighted by atomic mass is 19.3. The van der Waals surface area contributed by atoms with E-state index in [1.807, 2.05) is 13.8 Å². The number of halogens is 3. The molecule has 3 aromatic rings. The molecule has 1 saturated heterocycles. The lowest BCUT2D eigenvalue weighted by molar-refractivity contribution is -0.00545. The molecule has 168 valence electrons. The number of benzene rings is 1. The van der Waals surface area contributed by atoms with Gasteiger partial charge in [-0.2, -0.15) is 5.10 Å². The average Bonchev–Trinajstić information content (AvgIpc) is 2.75. The monoisotopic (exact) mass is 443 g/mol. The van der Waals surface area contributed by atoms with Crippen LogP contribution in [0.25, 0.3) is 11.1 Å². The van der Waals surface area contributed by atoms with Crippen molar-refractivity contribution in [1.29, 1.82) is 0 Å². The van der Waals surface area contributed by atoms with Crippen LogP contribution in [0.15, 0.2) is 48.7 Å². The van der Waals surface area contributed by atoms with E-state index in [1.54, 1.807) is 42.6 Å². The number of hydrogen-bond acceptors (Lipinski definition) is 6. The van der Waals surface area contributed by atoms with Crippen LogP contribution >= 0.6 is 0 Å². The van der Waals surface area contributed by atoms with Crippen molar-refractivity contribution < 1.29 is 17.9 Å². The second kappa shape index (κ2) is 9.52. The molecule has 0 unspecified atom stereocenters. The Morgan fingerprint density at radius 3 is 2.47 bits per heavy atom. The largest absolute Gasteiger partial charge is 0.372 e. The van der Waals surface area contributed by atoms with Crippen molar-refractivity contribution in [2.75, 3.05) is 23.3 Å². The molecule has 1 aliphatic heterocycles. The predicted molar refractivity (Wildman–Crippen MR) is 117 cm³/mol. The number of anilines is 3. The molecule has 0 radical (unpaired) electrons. The number of aromatic nitrogens is 3. The Hall–Kier alpha value is -3.20. The van der Waals surface area contributed by atoms with Crippen LogP contribution in [-0.4, -0.2) is 46.9 Å². The number of pyridine rings is 1. The number of rotatable bonds is 6. The SMILES string of the molecule is C[C@@H]1CN(c2ccc(F)c(Nc3cc(-c4ccc(CC(F)F)cc4)cnn3)n2)C[C@H](C)O1. The van der Waals surface area contributed by atoms with Gasteiger partial charge in [0, 0.05) is 25.1 Å². The fraction of sp³-hybridized carbons (Fsp3) is 0.348. The predicted octanol–water partition coefficient (Wildman–Crippen LogP) is 4.84. The Morgan fingerprint density at radius 2 is 1.78 bits per heavy atom. The van der Waals surface area contributed by atoms with Crippen LogP contribution in [-0.2, 0) is 11.2 Å². The Balaban J connectivity index is 1.53. The highest BCUT2D eigenvalue weighted by molar-refractivity contribution is 5.67. The molecule has 0 saturated carbocycles. The first-order chi connectivity index (χ1) is 15.4. The highest BCUT2D eigenvalue weighted by Crippen LogP contribution is 2.26. The standard InChI is InChI=1S/C23H24F3N5O/c1-14-12-31(13-15(2)32-14)22-8-7-19(24)23(29-22)28-21-10-18(11-27-30-21)17-5-3-16(4-6-17)9-20(25)26/h3-8,10-11,14-15,20H,9,12-13H2,1-2H3,(H,28,29,30)/t14-,15+. The molecule has 3 heterocycles. The molecular formula is C23H24F3N5O. The minimum absolute atomic E-state index is 0.0491. The van der Waals surface area contributed by atoms with Gasteiger partial charge in [-0.15, -0.1) is 5.10 Å². The molecule has 0 aliphatic carbocycles. The van der Waals surface area contributed by atoms with E-state index in [0.717, 1.165) is 11.1 Å². The van der Waals surface area contributed by atoms with E-state index in [9.17, 15) is 13.2 Å². The molecule has 1 N–H and O–H groups in total. The second-order valence-electron chi connectivity index (χ2n) is 7.91. The maximum absolute atomic E-state index is 14.5. The summed E-state index contributed by atoms with van der Waals surface area (Å²) in [6.07, 6.45) is -1.01. The van der Waals surface area contributed by atoms with E-state index in [4.69, 9.17) is 4.74 Å². The molecule has 4 rings (SSSR count). The third kappa shape index (κ3) is 5.34. The number of alkyl halides is 2. The van der Waals surface area contributed by atoms with Gasteiger partial charge in [0.1, 0.15) is 5.82 Å². The molecule has 2 atom stereocenters. The molecule has 2 aromatic heterocycles. The summed E-state index contributed by atoms with van der Waals surface area (Å²) in [7, 11) is 0. The van der Waals surface area contributed by atoms with E-state index in [-0.39, 0.29) is 24.4 Å². The Kier molecular flexibility index (Phi) is 6.55. The average molecular weight is 443 g/mol. The van der Waals surface area contributed by atoms with Gasteiger partial charge in [-0.25, -0.2) is 18.2 Å². The van der Waals surface area contributed by atoms with E-state index in [2.05, 4.69) is 25.4 Å². The number of nitrogens with zero attached hydrogens (tertiary/aromatic N) is 4. The molecule has 0 amide bonds. The number of ether oxygens (including phenoxy) is 1. The molecule has 1 aliphatic rings. The van der Waals surface area contributed by atoms with E-state index in [1.165, 1.54) is 6.07 Å². The van der Waals surface area contributed by atoms with E-state index < -0.39 is 12.2 Å². The topological polar surface area (TPSA) is 63.2 Å². The van der Waals surface area contributed by atoms with Crippen LogP contribution in [0.3, 0.4) is 0 Å². The first-order valence-electron chi connectivity index (χ1n) is 10.4. The molecule has 0 bridgehead atoms. The Morgan fingerprint density at radius 1 is 1.06 bits per heavy atom. The van der Waals surface area contributed by atoms with Gasteiger partial charge in [0.25, 0.3) is 0 Å². The zero-order chi connectivity index (χ0) is 22.7. The van der Waals surface area contributed by atoms with Crippen LogP contribution in [0.5, 0.6) is 0 Å². The van der Waals surface area contributed by atoms with Gasteiger partial charge >= 0.3 is 0 Å². The summed E-state index contributed by atoms with van der Waals surface area (Å²) < 4.78 is 45.3. The van der Waals surface area contributed by atoms with Crippen LogP contribution < -0.4 is 10.2 Å². The summed E-state index contributed by atoms with van der Waals surface area (Å²) in [5.41, 5.74) is 2.07. The van der Waals surface area contributed by atoms with E-state index in [0.29, 0.717) is 30.3 Å². The minimum Gasteiger partial charge on any atom is -0.372 e. The Labute approximate surface area is 184 Å². The zero-order valence-corrected chi connectivity index (χ0v) is 17.8. The normalized spacial score (nSPS) is 18.8. The Bertz CT molecular complexity index is 1050. The molecule has 0 spiro atoms. The molecule has 9 heteroatoms. The van der Waals surface area contributed by atoms with Crippen molar-refractivity contribution in [2.24, 2.45) is 0 Å². The maximum atomic E-state index is 14.5. The summed E-state index contributed by atoms with van der Waals surface area (Å²) >= 11 is 0. The second-order valence-corrected chi connectivity index (χ2v) is 7.91. The van der Waals surface area contributed by atoms with Gasteiger partial charge < -0.3 is 15.0 Å². The molecule has 6 nitrogen and oxygen atoms in total. The third-order valence-corrected chi connectivity index (χ3v) is 5.15. The van der Waals surface area contributed by atoms with Crippen molar-refractivity contribution >= 4 is 17.5 Å².